The van der Waals surface area contributed by atoms with E-state index in [1.54, 1.807) is 0 Å². The van der Waals surface area contributed by atoms with Crippen LogP contribution in [0.25, 0.3) is 0 Å². The number of hydrogen-bond acceptors (Lipinski definition) is 3. The average molecular weight is 219 g/mol. The van der Waals surface area contributed by atoms with Gasteiger partial charge in [0, 0.05) is 17.3 Å². The maximum absolute atomic E-state index is 12.1. The van der Waals surface area contributed by atoms with Crippen LogP contribution in [0.1, 0.15) is 16.1 Å². The summed E-state index contributed by atoms with van der Waals surface area (Å²) in [5, 5.41) is 0. The van der Waals surface area contributed by atoms with Crippen molar-refractivity contribution in [1.82, 2.24) is 4.98 Å². The fraction of sp³-hybridized carbons (Fsp3) is 0.333. The zero-order chi connectivity index (χ0) is 11.6. The van der Waals surface area contributed by atoms with Gasteiger partial charge >= 0.3 is 6.18 Å². The summed E-state index contributed by atoms with van der Waals surface area (Å²) in [4.78, 5) is 14.7. The van der Waals surface area contributed by atoms with E-state index in [2.05, 4.69) is 9.72 Å². The highest BCUT2D eigenvalue weighted by atomic mass is 19.4. The third kappa shape index (κ3) is 2.68. The Morgan fingerprint density at radius 3 is 2.47 bits per heavy atom. The fourth-order valence-corrected chi connectivity index (χ4v) is 1.04. The van der Waals surface area contributed by atoms with E-state index in [9.17, 15) is 18.0 Å². The van der Waals surface area contributed by atoms with Crippen LogP contribution in [0.4, 0.5) is 13.2 Å². The van der Waals surface area contributed by atoms with Crippen molar-refractivity contribution >= 4 is 5.78 Å². The van der Waals surface area contributed by atoms with E-state index < -0.39 is 17.5 Å². The van der Waals surface area contributed by atoms with E-state index in [4.69, 9.17) is 0 Å². The van der Waals surface area contributed by atoms with Crippen molar-refractivity contribution in [2.24, 2.45) is 0 Å². The first kappa shape index (κ1) is 11.5. The van der Waals surface area contributed by atoms with Crippen LogP contribution >= 0.6 is 0 Å². The lowest BCUT2D eigenvalue weighted by Gasteiger charge is -2.07. The highest BCUT2D eigenvalue weighted by molar-refractivity contribution is 6.00. The molecule has 0 bridgehead atoms. The Morgan fingerprint density at radius 2 is 2.00 bits per heavy atom. The van der Waals surface area contributed by atoms with Crippen molar-refractivity contribution in [3.63, 3.8) is 0 Å². The summed E-state index contributed by atoms with van der Waals surface area (Å²) in [6, 6.07) is 2.03. The van der Waals surface area contributed by atoms with Crippen molar-refractivity contribution in [1.29, 1.82) is 0 Å². The standard InChI is InChI=1S/C9H8F3NO2/c1-5-3-6(4-7(13-5)15-2)8(14)9(10,11)12/h3-4H,1-2H3. The van der Waals surface area contributed by atoms with Gasteiger partial charge in [-0.25, -0.2) is 4.98 Å². The third-order valence-corrected chi connectivity index (χ3v) is 1.66. The number of hydrogen-bond donors (Lipinski definition) is 0. The van der Waals surface area contributed by atoms with Crippen molar-refractivity contribution in [2.45, 2.75) is 13.1 Å². The molecule has 0 aliphatic heterocycles. The number of carbonyl (C=O) groups is 1. The lowest BCUT2D eigenvalue weighted by atomic mass is 10.1. The highest BCUT2D eigenvalue weighted by Gasteiger charge is 2.39. The molecule has 1 heterocycles. The van der Waals surface area contributed by atoms with Gasteiger partial charge in [0.25, 0.3) is 5.78 Å². The summed E-state index contributed by atoms with van der Waals surface area (Å²) in [6.07, 6.45) is -4.88. The maximum atomic E-state index is 12.1. The Balaban J connectivity index is 3.15. The van der Waals surface area contributed by atoms with Gasteiger partial charge in [-0.2, -0.15) is 13.2 Å². The van der Waals surface area contributed by atoms with Crippen LogP contribution in [0.2, 0.25) is 0 Å². The molecule has 0 aromatic carbocycles. The van der Waals surface area contributed by atoms with Crippen molar-refractivity contribution in [2.75, 3.05) is 7.11 Å². The zero-order valence-electron chi connectivity index (χ0n) is 8.05. The number of pyridine rings is 1. The van der Waals surface area contributed by atoms with Crippen molar-refractivity contribution in [3.8, 4) is 5.88 Å². The molecule has 0 N–H and O–H groups in total. The van der Waals surface area contributed by atoms with Crippen LogP contribution < -0.4 is 4.74 Å². The molecular formula is C9H8F3NO2. The van der Waals surface area contributed by atoms with Crippen LogP contribution in [-0.4, -0.2) is 24.1 Å². The monoisotopic (exact) mass is 219 g/mol. The summed E-state index contributed by atoms with van der Waals surface area (Å²) in [5.41, 5.74) is -0.172. The van der Waals surface area contributed by atoms with Crippen LogP contribution in [0.15, 0.2) is 12.1 Å². The van der Waals surface area contributed by atoms with Gasteiger partial charge in [-0.15, -0.1) is 0 Å². The molecule has 0 saturated heterocycles. The minimum atomic E-state index is -4.88. The first-order chi connectivity index (χ1) is 6.84. The Morgan fingerprint density at radius 1 is 1.40 bits per heavy atom. The summed E-state index contributed by atoms with van der Waals surface area (Å²) < 4.78 is 40.9. The van der Waals surface area contributed by atoms with Gasteiger partial charge in [-0.3, -0.25) is 4.79 Å². The minimum absolute atomic E-state index is 0.0115. The summed E-state index contributed by atoms with van der Waals surface area (Å²) >= 11 is 0. The van der Waals surface area contributed by atoms with Gasteiger partial charge in [0.1, 0.15) is 0 Å². The van der Waals surface area contributed by atoms with E-state index in [-0.39, 0.29) is 5.88 Å². The first-order valence-electron chi connectivity index (χ1n) is 3.99. The predicted octanol–water partition coefficient (Wildman–Crippen LogP) is 2.14. The number of aryl methyl sites for hydroxylation is 1. The molecule has 1 aromatic rings. The van der Waals surface area contributed by atoms with Crippen LogP contribution in [0, 0.1) is 6.92 Å². The Labute approximate surface area is 83.9 Å². The quantitative estimate of drug-likeness (QED) is 0.715. The molecule has 0 saturated carbocycles. The predicted molar refractivity (Wildman–Crippen MR) is 45.9 cm³/mol. The SMILES string of the molecule is COc1cc(C(=O)C(F)(F)F)cc(C)n1. The number of halogens is 3. The molecule has 1 rings (SSSR count). The van der Waals surface area contributed by atoms with Gasteiger partial charge in [-0.05, 0) is 13.0 Å². The molecule has 0 amide bonds. The lowest BCUT2D eigenvalue weighted by Crippen LogP contribution is -2.22. The number of Topliss-reactive ketones (excluding diaryl/α,β-unsaturated/α-hetero) is 1. The number of ketones is 1. The maximum Gasteiger partial charge on any atom is 0.454 e. The smallest absolute Gasteiger partial charge is 0.454 e. The number of ether oxygens (including phenoxy) is 1. The summed E-state index contributed by atoms with van der Waals surface area (Å²) in [5.74, 6) is -1.91. The summed E-state index contributed by atoms with van der Waals surface area (Å²) in [7, 11) is 1.27. The Hall–Kier alpha value is -1.59. The average Bonchev–Trinajstić information content (AvgIpc) is 2.14. The molecule has 0 unspecified atom stereocenters. The third-order valence-electron chi connectivity index (χ3n) is 1.66. The highest BCUT2D eigenvalue weighted by Crippen LogP contribution is 2.23. The molecule has 3 nitrogen and oxygen atoms in total. The van der Waals surface area contributed by atoms with E-state index in [1.807, 2.05) is 0 Å². The van der Waals surface area contributed by atoms with Gasteiger partial charge in [0.15, 0.2) is 0 Å². The van der Waals surface area contributed by atoms with Gasteiger partial charge in [0.05, 0.1) is 7.11 Å². The first-order valence-corrected chi connectivity index (χ1v) is 3.99. The molecule has 0 aliphatic carbocycles. The number of nitrogens with zero attached hydrogens (tertiary/aromatic N) is 1. The zero-order valence-corrected chi connectivity index (χ0v) is 8.05. The van der Waals surface area contributed by atoms with E-state index in [0.29, 0.717) is 5.69 Å². The van der Waals surface area contributed by atoms with Gasteiger partial charge < -0.3 is 4.74 Å². The second-order valence-electron chi connectivity index (χ2n) is 2.87. The minimum Gasteiger partial charge on any atom is -0.481 e. The molecule has 15 heavy (non-hydrogen) atoms. The number of carbonyl (C=O) groups excluding carboxylic acids is 1. The van der Waals surface area contributed by atoms with E-state index in [1.165, 1.54) is 14.0 Å². The molecule has 0 spiro atoms. The lowest BCUT2D eigenvalue weighted by molar-refractivity contribution is -0.0885. The van der Waals surface area contributed by atoms with E-state index >= 15 is 0 Å². The van der Waals surface area contributed by atoms with Crippen molar-refractivity contribution < 1.29 is 22.7 Å². The number of aromatic nitrogens is 1. The number of alkyl halides is 3. The summed E-state index contributed by atoms with van der Waals surface area (Å²) in [6.45, 7) is 1.48. The van der Waals surface area contributed by atoms with E-state index in [0.717, 1.165) is 12.1 Å². The molecule has 0 atom stereocenters. The van der Waals surface area contributed by atoms with Crippen LogP contribution in [0.5, 0.6) is 5.88 Å². The molecule has 0 aliphatic rings. The molecule has 1 aromatic heterocycles. The topological polar surface area (TPSA) is 39.2 Å². The second-order valence-corrected chi connectivity index (χ2v) is 2.87. The fourth-order valence-electron chi connectivity index (χ4n) is 1.04. The molecule has 6 heteroatoms. The number of rotatable bonds is 2. The Bertz CT molecular complexity index is 387. The largest absolute Gasteiger partial charge is 0.481 e. The second kappa shape index (κ2) is 3.88. The van der Waals surface area contributed by atoms with Crippen molar-refractivity contribution in [3.05, 3.63) is 23.4 Å². The number of methoxy groups -OCH3 is 1. The van der Waals surface area contributed by atoms with Crippen LogP contribution in [-0.2, 0) is 0 Å². The molecular weight excluding hydrogens is 211 g/mol. The Kier molecular flexibility index (Phi) is 2.97. The van der Waals surface area contributed by atoms with Gasteiger partial charge in [0.2, 0.25) is 5.88 Å². The van der Waals surface area contributed by atoms with Crippen LogP contribution in [0.3, 0.4) is 0 Å². The normalized spacial score (nSPS) is 11.3. The molecule has 82 valence electrons. The molecule has 0 fully saturated rings. The van der Waals surface area contributed by atoms with Gasteiger partial charge in [-0.1, -0.05) is 0 Å². The molecule has 0 radical (unpaired) electrons.